The largest absolute Gasteiger partial charge is 0.491 e. The zero-order chi connectivity index (χ0) is 21.3. The quantitative estimate of drug-likeness (QED) is 0.606. The molecular weight excluding hydrogens is 383 g/mol. The average Bonchev–Trinajstić information content (AvgIpc) is 2.75. The van der Waals surface area contributed by atoms with E-state index in [4.69, 9.17) is 4.74 Å². The number of hydrogen-bond acceptors (Lipinski definition) is 5. The lowest BCUT2D eigenvalue weighted by Gasteiger charge is -2.35. The van der Waals surface area contributed by atoms with E-state index >= 15 is 0 Å². The Balaban J connectivity index is 1.30. The number of piperazine rings is 1. The van der Waals surface area contributed by atoms with Crippen LogP contribution in [0.5, 0.6) is 5.75 Å². The third kappa shape index (κ3) is 6.90. The van der Waals surface area contributed by atoms with Crippen molar-refractivity contribution in [3.63, 3.8) is 0 Å². The van der Waals surface area contributed by atoms with E-state index in [0.29, 0.717) is 18.5 Å². The summed E-state index contributed by atoms with van der Waals surface area (Å²) in [4.78, 5) is 16.8. The van der Waals surface area contributed by atoms with Crippen molar-refractivity contribution >= 4 is 5.78 Å². The summed E-state index contributed by atoms with van der Waals surface area (Å²) in [7, 11) is 0. The van der Waals surface area contributed by atoms with Crippen LogP contribution in [0.2, 0.25) is 0 Å². The third-order valence-corrected chi connectivity index (χ3v) is 5.50. The molecule has 0 aliphatic carbocycles. The lowest BCUT2D eigenvalue weighted by Crippen LogP contribution is -2.49. The highest BCUT2D eigenvalue weighted by atomic mass is 19.1. The van der Waals surface area contributed by atoms with Crippen molar-refractivity contribution in [3.8, 4) is 5.75 Å². The van der Waals surface area contributed by atoms with Crippen molar-refractivity contribution in [2.24, 2.45) is 0 Å². The number of halogens is 1. The first-order valence-electron chi connectivity index (χ1n) is 10.6. The fourth-order valence-electron chi connectivity index (χ4n) is 3.69. The Morgan fingerprint density at radius 1 is 1.07 bits per heavy atom. The second-order valence-corrected chi connectivity index (χ2v) is 7.91. The molecule has 1 N–H and O–H groups in total. The smallest absolute Gasteiger partial charge is 0.162 e. The van der Waals surface area contributed by atoms with Crippen molar-refractivity contribution in [3.05, 3.63) is 65.5 Å². The number of hydrogen-bond donors (Lipinski definition) is 1. The highest BCUT2D eigenvalue weighted by molar-refractivity contribution is 5.95. The molecule has 1 saturated heterocycles. The number of para-hydroxylation sites is 1. The van der Waals surface area contributed by atoms with Gasteiger partial charge in [-0.05, 0) is 55.8 Å². The number of aryl methyl sites for hydroxylation is 1. The minimum absolute atomic E-state index is 0.0606. The van der Waals surface area contributed by atoms with Crippen LogP contribution in [0.4, 0.5) is 4.39 Å². The molecular formula is C24H31FN2O3. The fourth-order valence-corrected chi connectivity index (χ4v) is 3.69. The van der Waals surface area contributed by atoms with E-state index in [1.54, 1.807) is 12.1 Å². The lowest BCUT2D eigenvalue weighted by atomic mass is 10.1. The molecule has 1 atom stereocenters. The maximum absolute atomic E-state index is 12.9. The fraction of sp³-hybridized carbons (Fsp3) is 0.458. The SMILES string of the molecule is Cc1ccccc1OCC(O)CN1CCN(CCCC(=O)c2ccc(F)cc2)CC1. The van der Waals surface area contributed by atoms with Gasteiger partial charge < -0.3 is 14.7 Å². The first kappa shape index (κ1) is 22.4. The molecule has 1 unspecified atom stereocenters. The number of β-amino-alcohol motifs (C(OH)–C–C–N with tert-alkyl or cyclic N) is 1. The van der Waals surface area contributed by atoms with Crippen LogP contribution in [0.25, 0.3) is 0 Å². The van der Waals surface area contributed by atoms with Crippen LogP contribution in [0, 0.1) is 12.7 Å². The van der Waals surface area contributed by atoms with E-state index in [1.807, 2.05) is 31.2 Å². The molecule has 6 heteroatoms. The number of aliphatic hydroxyl groups is 1. The second kappa shape index (κ2) is 11.2. The summed E-state index contributed by atoms with van der Waals surface area (Å²) in [5.41, 5.74) is 1.64. The first-order chi connectivity index (χ1) is 14.5. The van der Waals surface area contributed by atoms with Crippen LogP contribution in [-0.4, -0.2) is 72.7 Å². The number of benzene rings is 2. The Labute approximate surface area is 178 Å². The Morgan fingerprint density at radius 3 is 2.43 bits per heavy atom. The minimum atomic E-state index is -0.524. The molecule has 0 amide bonds. The van der Waals surface area contributed by atoms with Gasteiger partial charge in [-0.3, -0.25) is 9.69 Å². The molecule has 2 aromatic carbocycles. The minimum Gasteiger partial charge on any atom is -0.491 e. The lowest BCUT2D eigenvalue weighted by molar-refractivity contribution is 0.0455. The van der Waals surface area contributed by atoms with Gasteiger partial charge in [-0.25, -0.2) is 4.39 Å². The number of carbonyl (C=O) groups is 1. The van der Waals surface area contributed by atoms with Gasteiger partial charge in [0, 0.05) is 44.7 Å². The Hall–Kier alpha value is -2.28. The molecule has 0 aromatic heterocycles. The van der Waals surface area contributed by atoms with Crippen molar-refractivity contribution in [2.75, 3.05) is 45.9 Å². The second-order valence-electron chi connectivity index (χ2n) is 7.91. The summed E-state index contributed by atoms with van der Waals surface area (Å²) >= 11 is 0. The standard InChI is InChI=1S/C24H31FN2O3/c1-19-5-2-3-7-24(19)30-18-22(28)17-27-15-13-26(14-16-27)12-4-6-23(29)20-8-10-21(25)11-9-20/h2-3,5,7-11,22,28H,4,6,12-18H2,1H3. The average molecular weight is 415 g/mol. The number of rotatable bonds is 10. The summed E-state index contributed by atoms with van der Waals surface area (Å²) in [5, 5.41) is 10.3. The van der Waals surface area contributed by atoms with E-state index in [-0.39, 0.29) is 18.2 Å². The summed E-state index contributed by atoms with van der Waals surface area (Å²) in [6, 6.07) is 13.6. The van der Waals surface area contributed by atoms with Gasteiger partial charge in [-0.15, -0.1) is 0 Å². The molecule has 0 saturated carbocycles. The Kier molecular flexibility index (Phi) is 8.37. The summed E-state index contributed by atoms with van der Waals surface area (Å²) in [6.07, 6.45) is 0.744. The number of Topliss-reactive ketones (excluding diaryl/α,β-unsaturated/α-hetero) is 1. The number of aliphatic hydroxyl groups excluding tert-OH is 1. The van der Waals surface area contributed by atoms with E-state index in [0.717, 1.165) is 50.5 Å². The molecule has 1 aliphatic rings. The van der Waals surface area contributed by atoms with Crippen LogP contribution < -0.4 is 4.74 Å². The number of nitrogens with zero attached hydrogens (tertiary/aromatic N) is 2. The molecule has 5 nitrogen and oxygen atoms in total. The van der Waals surface area contributed by atoms with Gasteiger partial charge in [-0.1, -0.05) is 18.2 Å². The number of ether oxygens (including phenoxy) is 1. The maximum atomic E-state index is 12.9. The molecule has 1 heterocycles. The van der Waals surface area contributed by atoms with Crippen molar-refractivity contribution in [1.29, 1.82) is 0 Å². The van der Waals surface area contributed by atoms with Crippen LogP contribution in [0.3, 0.4) is 0 Å². The molecule has 1 fully saturated rings. The first-order valence-corrected chi connectivity index (χ1v) is 10.6. The van der Waals surface area contributed by atoms with Crippen molar-refractivity contribution in [1.82, 2.24) is 9.80 Å². The van der Waals surface area contributed by atoms with Gasteiger partial charge in [0.2, 0.25) is 0 Å². The molecule has 0 radical (unpaired) electrons. The van der Waals surface area contributed by atoms with Gasteiger partial charge in [0.05, 0.1) is 0 Å². The number of ketones is 1. The zero-order valence-corrected chi connectivity index (χ0v) is 17.6. The van der Waals surface area contributed by atoms with Gasteiger partial charge in [0.15, 0.2) is 5.78 Å². The van der Waals surface area contributed by atoms with E-state index in [2.05, 4.69) is 9.80 Å². The Bertz CT molecular complexity index is 804. The van der Waals surface area contributed by atoms with Gasteiger partial charge in [0.1, 0.15) is 24.3 Å². The van der Waals surface area contributed by atoms with Crippen LogP contribution >= 0.6 is 0 Å². The number of carbonyl (C=O) groups excluding carboxylic acids is 1. The van der Waals surface area contributed by atoms with E-state index in [9.17, 15) is 14.3 Å². The monoisotopic (exact) mass is 414 g/mol. The van der Waals surface area contributed by atoms with Gasteiger partial charge in [-0.2, -0.15) is 0 Å². The maximum Gasteiger partial charge on any atom is 0.162 e. The summed E-state index contributed by atoms with van der Waals surface area (Å²) in [5.74, 6) is 0.554. The molecule has 162 valence electrons. The third-order valence-electron chi connectivity index (χ3n) is 5.50. The molecule has 0 bridgehead atoms. The van der Waals surface area contributed by atoms with Crippen LogP contribution in [-0.2, 0) is 0 Å². The highest BCUT2D eigenvalue weighted by Crippen LogP contribution is 2.16. The molecule has 30 heavy (non-hydrogen) atoms. The van der Waals surface area contributed by atoms with Gasteiger partial charge >= 0.3 is 0 Å². The van der Waals surface area contributed by atoms with Crippen molar-refractivity contribution in [2.45, 2.75) is 25.9 Å². The van der Waals surface area contributed by atoms with E-state index < -0.39 is 6.10 Å². The normalized spacial score (nSPS) is 16.4. The summed E-state index contributed by atoms with van der Waals surface area (Å²) in [6.45, 7) is 7.40. The highest BCUT2D eigenvalue weighted by Gasteiger charge is 2.19. The van der Waals surface area contributed by atoms with Crippen LogP contribution in [0.15, 0.2) is 48.5 Å². The van der Waals surface area contributed by atoms with Crippen LogP contribution in [0.1, 0.15) is 28.8 Å². The topological polar surface area (TPSA) is 53.0 Å². The van der Waals surface area contributed by atoms with E-state index in [1.165, 1.54) is 12.1 Å². The zero-order valence-electron chi connectivity index (χ0n) is 17.6. The summed E-state index contributed by atoms with van der Waals surface area (Å²) < 4.78 is 18.7. The predicted octanol–water partition coefficient (Wildman–Crippen LogP) is 3.15. The predicted molar refractivity (Wildman–Crippen MR) is 116 cm³/mol. The molecule has 2 aromatic rings. The van der Waals surface area contributed by atoms with Crippen molar-refractivity contribution < 1.29 is 19.0 Å². The molecule has 0 spiro atoms. The Morgan fingerprint density at radius 2 is 1.73 bits per heavy atom. The molecule has 1 aliphatic heterocycles. The molecule has 3 rings (SSSR count). The van der Waals surface area contributed by atoms with Gasteiger partial charge in [0.25, 0.3) is 0 Å².